The summed E-state index contributed by atoms with van der Waals surface area (Å²) in [6, 6.07) is 26.2. The maximum Gasteiger partial charge on any atom is 0.356 e. The molecule has 2 aliphatic rings. The van der Waals surface area contributed by atoms with Gasteiger partial charge in [0.2, 0.25) is 0 Å². The first kappa shape index (κ1) is 28.4. The standard InChI is InChI=1S/C31H25BrN2O6S/c1-19(35)39-18-23-24(17-32)41-30-25(33-28(36)22-15-9-4-10-16-22)29(37)34(30)26(23)31(38)40-27(20-11-5-2-6-12-20)21-13-7-3-8-14-21/h2-17,25,27,30H,18H2,1H3,(H,33,36)/t25?,30-/m1/s1. The van der Waals surface area contributed by atoms with E-state index in [0.29, 0.717) is 16.0 Å². The van der Waals surface area contributed by atoms with Crippen LogP contribution in [0.1, 0.15) is 34.5 Å². The monoisotopic (exact) mass is 632 g/mol. The molecule has 3 aromatic carbocycles. The minimum absolute atomic E-state index is 0.0345. The van der Waals surface area contributed by atoms with Gasteiger partial charge in [0.1, 0.15) is 23.7 Å². The molecule has 1 N–H and O–H groups in total. The Morgan fingerprint density at radius 3 is 2.05 bits per heavy atom. The normalized spacial score (nSPS) is 19.0. The molecule has 0 radical (unpaired) electrons. The molecule has 0 bridgehead atoms. The lowest BCUT2D eigenvalue weighted by Gasteiger charge is -2.50. The largest absolute Gasteiger partial charge is 0.461 e. The molecule has 5 rings (SSSR count). The molecule has 2 atom stereocenters. The molecule has 1 fully saturated rings. The van der Waals surface area contributed by atoms with E-state index in [1.54, 1.807) is 35.3 Å². The molecule has 0 aromatic heterocycles. The van der Waals surface area contributed by atoms with E-state index in [0.717, 1.165) is 11.1 Å². The van der Waals surface area contributed by atoms with E-state index in [1.165, 1.54) is 23.6 Å². The highest BCUT2D eigenvalue weighted by atomic mass is 79.9. The number of amides is 2. The molecule has 8 nitrogen and oxygen atoms in total. The lowest BCUT2D eigenvalue weighted by molar-refractivity contribution is -0.153. The maximum absolute atomic E-state index is 14.0. The van der Waals surface area contributed by atoms with Gasteiger partial charge >= 0.3 is 11.9 Å². The van der Waals surface area contributed by atoms with E-state index in [1.807, 2.05) is 60.7 Å². The summed E-state index contributed by atoms with van der Waals surface area (Å²) in [5.41, 5.74) is 2.19. The van der Waals surface area contributed by atoms with E-state index < -0.39 is 41.3 Å². The number of esters is 2. The van der Waals surface area contributed by atoms with Crippen molar-refractivity contribution in [1.82, 2.24) is 10.2 Å². The average molecular weight is 634 g/mol. The van der Waals surface area contributed by atoms with Crippen molar-refractivity contribution in [2.45, 2.75) is 24.4 Å². The zero-order chi connectivity index (χ0) is 28.9. The van der Waals surface area contributed by atoms with Crippen LogP contribution in [0.15, 0.2) is 112 Å². The SMILES string of the molecule is CC(=O)OCC1=C(C(=O)OC(c2ccccc2)c2ccccc2)N2C(=O)C(NC(=O)c3ccccc3)[C@H]2SC1=CBr. The molecule has 2 amide bonds. The van der Waals surface area contributed by atoms with Crippen LogP contribution >= 0.6 is 27.7 Å². The summed E-state index contributed by atoms with van der Waals surface area (Å²) < 4.78 is 11.4. The lowest BCUT2D eigenvalue weighted by atomic mass is 10.00. The van der Waals surface area contributed by atoms with E-state index >= 15 is 0 Å². The van der Waals surface area contributed by atoms with Crippen molar-refractivity contribution in [2.24, 2.45) is 0 Å². The highest BCUT2D eigenvalue weighted by Gasteiger charge is 2.56. The van der Waals surface area contributed by atoms with Crippen LogP contribution in [-0.4, -0.2) is 46.7 Å². The first-order chi connectivity index (χ1) is 19.9. The van der Waals surface area contributed by atoms with Crippen LogP contribution in [0.4, 0.5) is 0 Å². The number of hydrogen-bond acceptors (Lipinski definition) is 7. The van der Waals surface area contributed by atoms with Gasteiger partial charge in [-0.2, -0.15) is 0 Å². The second-order valence-corrected chi connectivity index (χ2v) is 10.8. The summed E-state index contributed by atoms with van der Waals surface area (Å²) >= 11 is 4.62. The molecule has 2 heterocycles. The molecule has 2 aliphatic heterocycles. The number of carbonyl (C=O) groups excluding carboxylic acids is 4. The Bertz CT molecular complexity index is 1490. The summed E-state index contributed by atoms with van der Waals surface area (Å²) in [6.07, 6.45) is -0.762. The fraction of sp³-hybridized carbons (Fsp3) is 0.161. The van der Waals surface area contributed by atoms with Crippen molar-refractivity contribution in [3.63, 3.8) is 0 Å². The van der Waals surface area contributed by atoms with E-state index in [-0.39, 0.29) is 12.3 Å². The lowest BCUT2D eigenvalue weighted by Crippen LogP contribution is -2.70. The Kier molecular flexibility index (Phi) is 8.70. The Morgan fingerprint density at radius 1 is 0.951 bits per heavy atom. The van der Waals surface area contributed by atoms with Crippen molar-refractivity contribution < 1.29 is 28.7 Å². The maximum atomic E-state index is 14.0. The zero-order valence-corrected chi connectivity index (χ0v) is 24.3. The second kappa shape index (κ2) is 12.6. The third kappa shape index (κ3) is 5.98. The summed E-state index contributed by atoms with van der Waals surface area (Å²) in [7, 11) is 0. The molecule has 41 heavy (non-hydrogen) atoms. The first-order valence-corrected chi connectivity index (χ1v) is 14.5. The van der Waals surface area contributed by atoms with E-state index in [9.17, 15) is 19.2 Å². The van der Waals surface area contributed by atoms with Crippen LogP contribution < -0.4 is 5.32 Å². The number of thioether (sulfide) groups is 1. The number of carbonyl (C=O) groups is 4. The first-order valence-electron chi connectivity index (χ1n) is 12.7. The predicted octanol–water partition coefficient (Wildman–Crippen LogP) is 5.09. The molecular weight excluding hydrogens is 608 g/mol. The Morgan fingerprint density at radius 2 is 1.51 bits per heavy atom. The fourth-order valence-corrected chi connectivity index (χ4v) is 6.45. The number of β-lactam (4-membered cyclic amide) rings is 1. The second-order valence-electron chi connectivity index (χ2n) is 9.22. The van der Waals surface area contributed by atoms with Gasteiger partial charge in [-0.15, -0.1) is 0 Å². The topological polar surface area (TPSA) is 102 Å². The number of halogens is 1. The summed E-state index contributed by atoms with van der Waals surface area (Å²) in [6.45, 7) is 1.02. The van der Waals surface area contributed by atoms with Crippen LogP contribution in [0, 0.1) is 0 Å². The van der Waals surface area contributed by atoms with Gasteiger partial charge in [0.05, 0.1) is 0 Å². The van der Waals surface area contributed by atoms with E-state index in [4.69, 9.17) is 9.47 Å². The molecule has 0 saturated carbocycles. The van der Waals surface area contributed by atoms with Gasteiger partial charge < -0.3 is 14.8 Å². The molecule has 3 aromatic rings. The third-order valence-electron chi connectivity index (χ3n) is 6.58. The molecule has 10 heteroatoms. The fourth-order valence-electron chi connectivity index (χ4n) is 4.61. The molecule has 0 aliphatic carbocycles. The van der Waals surface area contributed by atoms with Crippen molar-refractivity contribution in [3.8, 4) is 0 Å². The van der Waals surface area contributed by atoms with Crippen LogP contribution in [0.3, 0.4) is 0 Å². The summed E-state index contributed by atoms with van der Waals surface area (Å²) in [5, 5.41) is 2.17. The van der Waals surface area contributed by atoms with Gasteiger partial charge in [-0.1, -0.05) is 107 Å². The van der Waals surface area contributed by atoms with Gasteiger partial charge in [-0.05, 0) is 28.2 Å². The van der Waals surface area contributed by atoms with Crippen molar-refractivity contribution in [2.75, 3.05) is 6.61 Å². The number of benzene rings is 3. The van der Waals surface area contributed by atoms with Crippen molar-refractivity contribution in [3.05, 3.63) is 129 Å². The zero-order valence-electron chi connectivity index (χ0n) is 21.9. The minimum Gasteiger partial charge on any atom is -0.461 e. The van der Waals surface area contributed by atoms with Crippen LogP contribution in [0.2, 0.25) is 0 Å². The van der Waals surface area contributed by atoms with Gasteiger partial charge in [0.25, 0.3) is 11.8 Å². The smallest absolute Gasteiger partial charge is 0.356 e. The number of nitrogens with zero attached hydrogens (tertiary/aromatic N) is 1. The van der Waals surface area contributed by atoms with Gasteiger partial charge in [-0.25, -0.2) is 4.79 Å². The number of ether oxygens (including phenoxy) is 2. The molecular formula is C31H25BrN2O6S. The number of hydrogen-bond donors (Lipinski definition) is 1. The molecule has 0 spiro atoms. The third-order valence-corrected chi connectivity index (χ3v) is 8.68. The summed E-state index contributed by atoms with van der Waals surface area (Å²) in [4.78, 5) is 55.6. The number of nitrogens with one attached hydrogen (secondary N) is 1. The number of fused-ring (bicyclic) bond motifs is 1. The Labute approximate surface area is 249 Å². The van der Waals surface area contributed by atoms with Gasteiger partial charge in [0.15, 0.2) is 6.10 Å². The van der Waals surface area contributed by atoms with Crippen molar-refractivity contribution >= 4 is 51.4 Å². The highest BCUT2D eigenvalue weighted by Crippen LogP contribution is 2.47. The van der Waals surface area contributed by atoms with Crippen LogP contribution in [0.25, 0.3) is 0 Å². The van der Waals surface area contributed by atoms with Crippen LogP contribution in [0.5, 0.6) is 0 Å². The average Bonchev–Trinajstić information content (AvgIpc) is 3.01. The van der Waals surface area contributed by atoms with Gasteiger partial charge in [-0.3, -0.25) is 19.3 Å². The molecule has 1 unspecified atom stereocenters. The number of rotatable bonds is 8. The minimum atomic E-state index is -0.882. The van der Waals surface area contributed by atoms with Gasteiger partial charge in [0, 0.05) is 23.0 Å². The predicted molar refractivity (Wildman–Crippen MR) is 157 cm³/mol. The molecule has 208 valence electrons. The highest BCUT2D eigenvalue weighted by molar-refractivity contribution is 9.11. The summed E-state index contributed by atoms with van der Waals surface area (Å²) in [5.74, 6) is -2.17. The Hall–Kier alpha value is -4.15. The molecule has 1 saturated heterocycles. The van der Waals surface area contributed by atoms with Crippen LogP contribution in [-0.2, 0) is 23.9 Å². The quantitative estimate of drug-likeness (QED) is 0.273. The van der Waals surface area contributed by atoms with Crippen molar-refractivity contribution in [1.29, 1.82) is 0 Å². The van der Waals surface area contributed by atoms with E-state index in [2.05, 4.69) is 21.2 Å². The Balaban J connectivity index is 1.50.